The topological polar surface area (TPSA) is 46.5 Å². The van der Waals surface area contributed by atoms with Crippen molar-refractivity contribution >= 4 is 25.4 Å². The van der Waals surface area contributed by atoms with E-state index in [4.69, 9.17) is 9.84 Å². The average Bonchev–Trinajstić information content (AvgIpc) is 2.57. The van der Waals surface area contributed by atoms with Crippen LogP contribution in [-0.4, -0.2) is 32.6 Å². The summed E-state index contributed by atoms with van der Waals surface area (Å²) < 4.78 is 7.44. The number of rotatable bonds is 5. The maximum absolute atomic E-state index is 10.8. The summed E-state index contributed by atoms with van der Waals surface area (Å²) in [7, 11) is 0. The van der Waals surface area contributed by atoms with Gasteiger partial charge in [-0.25, -0.2) is 0 Å². The van der Waals surface area contributed by atoms with Crippen LogP contribution in [-0.2, 0) is 16.6 Å². The van der Waals surface area contributed by atoms with Gasteiger partial charge in [0.05, 0.1) is 0 Å². The molecule has 2 rings (SSSR count). The number of ether oxygens (including phenoxy) is 1. The Morgan fingerprint density at radius 2 is 2.04 bits per heavy atom. The van der Waals surface area contributed by atoms with Crippen molar-refractivity contribution in [3.05, 3.63) is 33.9 Å². The van der Waals surface area contributed by atoms with Crippen LogP contribution >= 0.6 is 0 Å². The van der Waals surface area contributed by atoms with Crippen molar-refractivity contribution in [1.29, 1.82) is 0 Å². The van der Waals surface area contributed by atoms with Gasteiger partial charge in [-0.3, -0.25) is 0 Å². The van der Waals surface area contributed by atoms with E-state index in [0.717, 1.165) is 24.7 Å². The summed E-state index contributed by atoms with van der Waals surface area (Å²) in [4.78, 5) is 14.0. The predicted molar refractivity (Wildman–Crippen MR) is 112 cm³/mol. The molecule has 4 heteroatoms. The van der Waals surface area contributed by atoms with Crippen LogP contribution in [0.2, 0.25) is 0 Å². The number of hydrogen-bond acceptors (Lipinski definition) is 2. The van der Waals surface area contributed by atoms with Gasteiger partial charge in [0, 0.05) is 0 Å². The van der Waals surface area contributed by atoms with Crippen LogP contribution in [0.25, 0.3) is 0 Å². The van der Waals surface area contributed by atoms with E-state index in [9.17, 15) is 4.79 Å². The number of carboxylic acid groups (broad SMARTS) is 1. The van der Waals surface area contributed by atoms with Crippen molar-refractivity contribution in [1.82, 2.24) is 0 Å². The zero-order valence-corrected chi connectivity index (χ0v) is 19.0. The van der Waals surface area contributed by atoms with Gasteiger partial charge in [-0.2, -0.15) is 0 Å². The molecule has 1 aliphatic carbocycles. The van der Waals surface area contributed by atoms with Gasteiger partial charge in [-0.05, 0) is 0 Å². The van der Waals surface area contributed by atoms with Crippen LogP contribution in [0.1, 0.15) is 69.2 Å². The maximum atomic E-state index is 10.8. The zero-order chi connectivity index (χ0) is 20.2. The van der Waals surface area contributed by atoms with Crippen molar-refractivity contribution in [3.63, 3.8) is 0 Å². The van der Waals surface area contributed by atoms with Crippen LogP contribution in [0.3, 0.4) is 0 Å². The number of allylic oxidation sites excluding steroid dienone is 1. The molecule has 1 aromatic carbocycles. The van der Waals surface area contributed by atoms with Gasteiger partial charge >= 0.3 is 170 Å². The van der Waals surface area contributed by atoms with Gasteiger partial charge in [-0.15, -0.1) is 0 Å². The van der Waals surface area contributed by atoms with E-state index < -0.39 is 5.97 Å². The number of aliphatic carboxylic acids is 1. The van der Waals surface area contributed by atoms with Crippen molar-refractivity contribution < 1.29 is 14.6 Å². The molecule has 1 N–H and O–H groups in total. The molecule has 0 atom stereocenters. The summed E-state index contributed by atoms with van der Waals surface area (Å²) in [5.41, 5.74) is 6.28. The zero-order valence-electron chi connectivity index (χ0n) is 17.3. The Kier molecular flexibility index (Phi) is 7.20. The third-order valence-electron chi connectivity index (χ3n) is 5.11. The predicted octanol–water partition coefficient (Wildman–Crippen LogP) is 4.03. The number of benzene rings is 1. The Morgan fingerprint density at radius 3 is 2.67 bits per heavy atom. The fraction of sp³-hybridized carbons (Fsp3) is 0.522. The normalized spacial score (nSPS) is 15.6. The van der Waals surface area contributed by atoms with E-state index in [-0.39, 0.29) is 20.4 Å². The first kappa shape index (κ1) is 21.6. The second-order valence-corrected chi connectivity index (χ2v) is 9.56. The quantitative estimate of drug-likeness (QED) is 0.433. The van der Waals surface area contributed by atoms with Crippen molar-refractivity contribution in [2.24, 2.45) is 0 Å². The minimum atomic E-state index is -0.954. The Morgan fingerprint density at radius 1 is 1.33 bits per heavy atom. The van der Waals surface area contributed by atoms with Crippen LogP contribution in [0, 0.1) is 24.6 Å². The molecule has 0 heterocycles. The molecule has 1 aliphatic rings. The molecule has 3 nitrogen and oxygen atoms in total. The number of carbonyl (C=O) groups is 1. The van der Waals surface area contributed by atoms with Crippen molar-refractivity contribution in [2.45, 2.75) is 72.6 Å². The summed E-state index contributed by atoms with van der Waals surface area (Å²) >= 11 is -0.0812. The Balaban J connectivity index is 2.55. The van der Waals surface area contributed by atoms with Crippen molar-refractivity contribution in [2.75, 3.05) is 6.61 Å². The molecule has 146 valence electrons. The van der Waals surface area contributed by atoms with Gasteiger partial charge in [0.2, 0.25) is 0 Å². The minimum absolute atomic E-state index is 0.0812. The van der Waals surface area contributed by atoms with Crippen LogP contribution in [0.15, 0.2) is 11.6 Å². The van der Waals surface area contributed by atoms with E-state index in [0.29, 0.717) is 12.2 Å². The Hall–Kier alpha value is -1.69. The number of hydrogen-bond donors (Lipinski definition) is 1. The molecular weight excluding hydrogens is 403 g/mol. The molecule has 0 saturated heterocycles. The molecule has 0 spiro atoms. The first-order valence-corrected chi connectivity index (χ1v) is 11.3. The summed E-state index contributed by atoms with van der Waals surface area (Å²) in [5, 5.41) is 8.84. The SMILES string of the molecule is CCCOc1c(C)c2c(c(C)c1[Se]C#C/C(C)=C/C(=O)O)CCCC2(C)C. The van der Waals surface area contributed by atoms with Gasteiger partial charge < -0.3 is 0 Å². The number of fused-ring (bicyclic) bond motifs is 1. The van der Waals surface area contributed by atoms with Gasteiger partial charge in [0.25, 0.3) is 0 Å². The van der Waals surface area contributed by atoms with E-state index in [1.807, 2.05) is 0 Å². The third-order valence-corrected chi connectivity index (χ3v) is 7.00. The average molecular weight is 433 g/mol. The molecule has 0 saturated carbocycles. The second kappa shape index (κ2) is 9.00. The standard InChI is InChI=1S/C23H30O3Se/c1-7-12-26-21-17(4)20-18(9-8-11-23(20,5)6)16(3)22(21)27-13-10-15(2)14-19(24)25/h14H,7-9,11-12H2,1-6H3,(H,24,25)/b15-14+. The first-order valence-electron chi connectivity index (χ1n) is 9.57. The van der Waals surface area contributed by atoms with Gasteiger partial charge in [0.1, 0.15) is 0 Å². The number of carboxylic acids is 1. The van der Waals surface area contributed by atoms with E-state index in [1.54, 1.807) is 6.92 Å². The van der Waals surface area contributed by atoms with E-state index in [1.165, 1.54) is 39.6 Å². The fourth-order valence-electron chi connectivity index (χ4n) is 3.94. The molecule has 0 unspecified atom stereocenters. The molecule has 0 aromatic heterocycles. The summed E-state index contributed by atoms with van der Waals surface area (Å²) in [6.07, 6.45) is 5.67. The Labute approximate surface area is 169 Å². The van der Waals surface area contributed by atoms with Crippen LogP contribution in [0.4, 0.5) is 0 Å². The fourth-order valence-corrected chi connectivity index (χ4v) is 5.82. The monoisotopic (exact) mass is 434 g/mol. The summed E-state index contributed by atoms with van der Waals surface area (Å²) in [6, 6.07) is 0. The first-order chi connectivity index (χ1) is 12.7. The molecule has 27 heavy (non-hydrogen) atoms. The molecule has 0 aliphatic heterocycles. The molecule has 0 bridgehead atoms. The molecular formula is C23H30O3Se. The van der Waals surface area contributed by atoms with Crippen molar-refractivity contribution in [3.8, 4) is 16.5 Å². The molecule has 0 amide bonds. The third kappa shape index (κ3) is 4.98. The van der Waals surface area contributed by atoms with Gasteiger partial charge in [0.15, 0.2) is 0 Å². The second-order valence-electron chi connectivity index (χ2n) is 7.84. The van der Waals surface area contributed by atoms with Crippen LogP contribution in [0.5, 0.6) is 5.75 Å². The van der Waals surface area contributed by atoms with Gasteiger partial charge in [-0.1, -0.05) is 0 Å². The molecule has 1 aromatic rings. The van der Waals surface area contributed by atoms with Crippen LogP contribution < -0.4 is 9.20 Å². The molecule has 0 fully saturated rings. The Bertz CT molecular complexity index is 822. The van der Waals surface area contributed by atoms with E-state index in [2.05, 4.69) is 45.4 Å². The molecule has 0 radical (unpaired) electrons. The van der Waals surface area contributed by atoms with E-state index >= 15 is 0 Å². The summed E-state index contributed by atoms with van der Waals surface area (Å²) in [6.45, 7) is 13.6. The summed E-state index contributed by atoms with van der Waals surface area (Å²) in [5.74, 6) is 3.05.